The summed E-state index contributed by atoms with van der Waals surface area (Å²) in [6.45, 7) is 8.57. The van der Waals surface area contributed by atoms with E-state index in [-0.39, 0.29) is 0 Å². The Kier molecular flexibility index (Phi) is 7.18. The number of nitrogens with zero attached hydrogens (tertiary/aromatic N) is 5. The Bertz CT molecular complexity index is 723. The number of aliphatic imine (C=N–C) groups is 1. The molecule has 8 nitrogen and oxygen atoms in total. The van der Waals surface area contributed by atoms with Gasteiger partial charge in [-0.1, -0.05) is 30.3 Å². The zero-order chi connectivity index (χ0) is 18.9. The topological polar surface area (TPSA) is 79.6 Å². The second-order valence-electron chi connectivity index (χ2n) is 6.61. The molecule has 2 aromatic rings. The summed E-state index contributed by atoms with van der Waals surface area (Å²) < 4.78 is 7.38. The number of aromatic nitrogens is 3. The smallest absolute Gasteiger partial charge is 0.192 e. The minimum atomic E-state index is 0.579. The van der Waals surface area contributed by atoms with Gasteiger partial charge in [0.1, 0.15) is 5.82 Å². The number of hydrogen-bond acceptors (Lipinski definition) is 5. The quantitative estimate of drug-likeness (QED) is 0.551. The Hall–Kier alpha value is -2.45. The van der Waals surface area contributed by atoms with Crippen LogP contribution in [0.15, 0.2) is 35.3 Å². The zero-order valence-corrected chi connectivity index (χ0v) is 16.2. The highest BCUT2D eigenvalue weighted by atomic mass is 16.5. The molecule has 27 heavy (non-hydrogen) atoms. The van der Waals surface area contributed by atoms with Crippen molar-refractivity contribution in [1.29, 1.82) is 0 Å². The van der Waals surface area contributed by atoms with Gasteiger partial charge in [0.25, 0.3) is 0 Å². The Labute approximate surface area is 160 Å². The number of benzene rings is 1. The van der Waals surface area contributed by atoms with Crippen LogP contribution in [0.1, 0.15) is 17.2 Å². The van der Waals surface area contributed by atoms with Crippen molar-refractivity contribution < 1.29 is 4.74 Å². The number of nitrogens with one attached hydrogen (secondary N) is 2. The standard InChI is InChI=1S/C19H29N7O/c1-16-23-24-18(25(16)2)15-22-19(21-14-17-6-4-3-5-7-17)20-8-9-26-10-12-27-13-11-26/h3-7H,8-15H2,1-2H3,(H2,20,21,22). The second-order valence-corrected chi connectivity index (χ2v) is 6.61. The molecule has 1 aromatic carbocycles. The third kappa shape index (κ3) is 6.04. The molecule has 0 atom stereocenters. The molecule has 3 rings (SSSR count). The first-order valence-electron chi connectivity index (χ1n) is 9.43. The summed E-state index contributed by atoms with van der Waals surface area (Å²) in [6.07, 6.45) is 0. The van der Waals surface area contributed by atoms with E-state index in [0.717, 1.165) is 57.0 Å². The molecule has 0 radical (unpaired) electrons. The SMILES string of the molecule is Cc1nnc(CNC(=NCc2ccccc2)NCCN2CCOCC2)n1C. The van der Waals surface area contributed by atoms with E-state index in [9.17, 15) is 0 Å². The maximum Gasteiger partial charge on any atom is 0.192 e. The minimum absolute atomic E-state index is 0.579. The molecule has 1 aliphatic heterocycles. The van der Waals surface area contributed by atoms with Gasteiger partial charge in [-0.3, -0.25) is 4.90 Å². The average molecular weight is 371 g/mol. The van der Waals surface area contributed by atoms with E-state index in [1.54, 1.807) is 0 Å². The first kappa shape index (κ1) is 19.3. The maximum atomic E-state index is 5.40. The van der Waals surface area contributed by atoms with Crippen LogP contribution in [0, 0.1) is 6.92 Å². The van der Waals surface area contributed by atoms with Gasteiger partial charge < -0.3 is 19.9 Å². The van der Waals surface area contributed by atoms with Crippen molar-refractivity contribution in [3.8, 4) is 0 Å². The average Bonchev–Trinajstić information content (AvgIpc) is 3.03. The molecular weight excluding hydrogens is 342 g/mol. The van der Waals surface area contributed by atoms with E-state index in [1.807, 2.05) is 36.7 Å². The molecule has 1 aromatic heterocycles. The molecule has 2 heterocycles. The number of aryl methyl sites for hydroxylation is 1. The molecule has 0 amide bonds. The lowest BCUT2D eigenvalue weighted by Crippen LogP contribution is -2.44. The Morgan fingerprint density at radius 1 is 1.15 bits per heavy atom. The molecule has 1 fully saturated rings. The van der Waals surface area contributed by atoms with Crippen molar-refractivity contribution in [2.75, 3.05) is 39.4 Å². The van der Waals surface area contributed by atoms with Crippen LogP contribution in [0.25, 0.3) is 0 Å². The summed E-state index contributed by atoms with van der Waals surface area (Å²) in [5.74, 6) is 2.57. The van der Waals surface area contributed by atoms with Crippen LogP contribution < -0.4 is 10.6 Å². The second kappa shape index (κ2) is 10.0. The Balaban J connectivity index is 1.56. The summed E-state index contributed by atoms with van der Waals surface area (Å²) in [4.78, 5) is 7.12. The summed E-state index contributed by atoms with van der Waals surface area (Å²) in [5.41, 5.74) is 1.18. The lowest BCUT2D eigenvalue weighted by atomic mass is 10.2. The van der Waals surface area contributed by atoms with E-state index in [4.69, 9.17) is 9.73 Å². The fourth-order valence-electron chi connectivity index (χ4n) is 2.85. The fraction of sp³-hybridized carbons (Fsp3) is 0.526. The predicted molar refractivity (Wildman–Crippen MR) is 105 cm³/mol. The lowest BCUT2D eigenvalue weighted by Gasteiger charge is -2.26. The van der Waals surface area contributed by atoms with Crippen molar-refractivity contribution >= 4 is 5.96 Å². The van der Waals surface area contributed by atoms with Crippen LogP contribution in [0.3, 0.4) is 0 Å². The van der Waals surface area contributed by atoms with Crippen LogP contribution in [-0.4, -0.2) is 65.0 Å². The highest BCUT2D eigenvalue weighted by Gasteiger charge is 2.10. The first-order valence-corrected chi connectivity index (χ1v) is 9.43. The number of guanidine groups is 1. The van der Waals surface area contributed by atoms with Crippen LogP contribution in [0.5, 0.6) is 0 Å². The van der Waals surface area contributed by atoms with Gasteiger partial charge in [-0.15, -0.1) is 10.2 Å². The van der Waals surface area contributed by atoms with Crippen LogP contribution >= 0.6 is 0 Å². The van der Waals surface area contributed by atoms with Gasteiger partial charge in [-0.05, 0) is 12.5 Å². The number of ether oxygens (including phenoxy) is 1. The van der Waals surface area contributed by atoms with Crippen molar-refractivity contribution in [2.24, 2.45) is 12.0 Å². The van der Waals surface area contributed by atoms with Crippen LogP contribution in [-0.2, 0) is 24.9 Å². The van der Waals surface area contributed by atoms with E-state index in [0.29, 0.717) is 13.1 Å². The van der Waals surface area contributed by atoms with E-state index < -0.39 is 0 Å². The van der Waals surface area contributed by atoms with E-state index in [2.05, 4.69) is 37.9 Å². The largest absolute Gasteiger partial charge is 0.379 e. The van der Waals surface area contributed by atoms with Crippen molar-refractivity contribution in [1.82, 2.24) is 30.3 Å². The first-order chi connectivity index (χ1) is 13.2. The van der Waals surface area contributed by atoms with E-state index in [1.165, 1.54) is 5.56 Å². The van der Waals surface area contributed by atoms with Crippen molar-refractivity contribution in [3.05, 3.63) is 47.5 Å². The summed E-state index contributed by atoms with van der Waals surface area (Å²) in [5, 5.41) is 15.1. The molecule has 2 N–H and O–H groups in total. The molecule has 0 saturated carbocycles. The third-order valence-electron chi connectivity index (χ3n) is 4.68. The summed E-state index contributed by atoms with van der Waals surface area (Å²) in [7, 11) is 1.97. The van der Waals surface area contributed by atoms with Gasteiger partial charge in [0.2, 0.25) is 0 Å². The maximum absolute atomic E-state index is 5.40. The van der Waals surface area contributed by atoms with Gasteiger partial charge in [0, 0.05) is 33.2 Å². The highest BCUT2D eigenvalue weighted by Crippen LogP contribution is 2.01. The zero-order valence-electron chi connectivity index (χ0n) is 16.2. The predicted octanol–water partition coefficient (Wildman–Crippen LogP) is 0.691. The van der Waals surface area contributed by atoms with Crippen LogP contribution in [0.4, 0.5) is 0 Å². The lowest BCUT2D eigenvalue weighted by molar-refractivity contribution is 0.0389. The number of morpholine rings is 1. The van der Waals surface area contributed by atoms with Crippen molar-refractivity contribution in [2.45, 2.75) is 20.0 Å². The molecule has 0 unspecified atom stereocenters. The normalized spacial score (nSPS) is 15.7. The molecule has 146 valence electrons. The highest BCUT2D eigenvalue weighted by molar-refractivity contribution is 5.79. The fourth-order valence-corrected chi connectivity index (χ4v) is 2.85. The number of rotatable bonds is 7. The van der Waals surface area contributed by atoms with Crippen LogP contribution in [0.2, 0.25) is 0 Å². The van der Waals surface area contributed by atoms with Gasteiger partial charge in [0.15, 0.2) is 11.8 Å². The Morgan fingerprint density at radius 2 is 1.93 bits per heavy atom. The number of hydrogen-bond donors (Lipinski definition) is 2. The minimum Gasteiger partial charge on any atom is -0.379 e. The van der Waals surface area contributed by atoms with Gasteiger partial charge in [-0.2, -0.15) is 0 Å². The molecule has 8 heteroatoms. The van der Waals surface area contributed by atoms with E-state index >= 15 is 0 Å². The molecule has 0 spiro atoms. The molecule has 0 bridgehead atoms. The van der Waals surface area contributed by atoms with Crippen molar-refractivity contribution in [3.63, 3.8) is 0 Å². The summed E-state index contributed by atoms with van der Waals surface area (Å²) in [6, 6.07) is 10.3. The van der Waals surface area contributed by atoms with Gasteiger partial charge >= 0.3 is 0 Å². The molecule has 1 aliphatic rings. The van der Waals surface area contributed by atoms with Gasteiger partial charge in [0.05, 0.1) is 26.3 Å². The third-order valence-corrected chi connectivity index (χ3v) is 4.68. The molecule has 0 aliphatic carbocycles. The Morgan fingerprint density at radius 3 is 2.63 bits per heavy atom. The van der Waals surface area contributed by atoms with Gasteiger partial charge in [-0.25, -0.2) is 4.99 Å². The summed E-state index contributed by atoms with van der Waals surface area (Å²) >= 11 is 0. The molecule has 1 saturated heterocycles. The monoisotopic (exact) mass is 371 g/mol. The molecular formula is C19H29N7O.